The topological polar surface area (TPSA) is 60.0 Å². The average Bonchev–Trinajstić information content (AvgIpc) is 2.44. The molecule has 1 rings (SSSR count). The highest BCUT2D eigenvalue weighted by Crippen LogP contribution is 2.35. The molecule has 0 fully saturated rings. The first-order valence-electron chi connectivity index (χ1n) is 7.00. The summed E-state index contributed by atoms with van der Waals surface area (Å²) in [5.74, 6) is 1.34. The van der Waals surface area contributed by atoms with Gasteiger partial charge in [0.25, 0.3) is 0 Å². The van der Waals surface area contributed by atoms with E-state index in [1.165, 1.54) is 0 Å². The van der Waals surface area contributed by atoms with E-state index in [1.807, 2.05) is 19.9 Å². The number of hydrogen-bond acceptors (Lipinski definition) is 5. The molecular weight excluding hydrogens is 294 g/mol. The van der Waals surface area contributed by atoms with Gasteiger partial charge in [-0.05, 0) is 19.9 Å². The summed E-state index contributed by atoms with van der Waals surface area (Å²) in [6.07, 6.45) is 0.0479. The lowest BCUT2D eigenvalue weighted by Crippen LogP contribution is -2.21. The highest BCUT2D eigenvalue weighted by atomic mass is 35.5. The highest BCUT2D eigenvalue weighted by molar-refractivity contribution is 6.30. The normalized spacial score (nSPS) is 11.0. The molecule has 21 heavy (non-hydrogen) atoms. The van der Waals surface area contributed by atoms with Crippen LogP contribution in [0.5, 0.6) is 11.5 Å². The molecule has 0 atom stereocenters. The minimum Gasteiger partial charge on any atom is -0.493 e. The van der Waals surface area contributed by atoms with Crippen molar-refractivity contribution in [1.29, 1.82) is 0 Å². The van der Waals surface area contributed by atoms with E-state index in [0.29, 0.717) is 42.8 Å². The number of methoxy groups -OCH3 is 1. The molecule has 0 aliphatic heterocycles. The lowest BCUT2D eigenvalue weighted by molar-refractivity contribution is 0.0937. The maximum absolute atomic E-state index is 8.62. The molecule has 0 aliphatic carbocycles. The zero-order valence-electron chi connectivity index (χ0n) is 12.8. The van der Waals surface area contributed by atoms with Crippen LogP contribution in [0.2, 0.25) is 5.02 Å². The van der Waals surface area contributed by atoms with Crippen molar-refractivity contribution in [2.45, 2.75) is 26.5 Å². The molecule has 6 heteroatoms. The van der Waals surface area contributed by atoms with Crippen LogP contribution in [0.3, 0.4) is 0 Å². The van der Waals surface area contributed by atoms with Crippen molar-refractivity contribution in [3.05, 3.63) is 22.7 Å². The third-order valence-corrected chi connectivity index (χ3v) is 2.86. The number of nitrogens with one attached hydrogen (secondary N) is 1. The first kappa shape index (κ1) is 18.0. The molecule has 0 amide bonds. The van der Waals surface area contributed by atoms with Gasteiger partial charge < -0.3 is 24.6 Å². The maximum Gasteiger partial charge on any atom is 0.166 e. The monoisotopic (exact) mass is 317 g/mol. The van der Waals surface area contributed by atoms with Gasteiger partial charge >= 0.3 is 0 Å². The van der Waals surface area contributed by atoms with Crippen LogP contribution in [0.1, 0.15) is 19.4 Å². The van der Waals surface area contributed by atoms with Crippen molar-refractivity contribution in [3.8, 4) is 11.5 Å². The molecule has 0 heterocycles. The molecule has 0 saturated carbocycles. The zero-order chi connectivity index (χ0) is 15.7. The van der Waals surface area contributed by atoms with Crippen LogP contribution in [0.25, 0.3) is 0 Å². The van der Waals surface area contributed by atoms with Crippen LogP contribution < -0.4 is 14.8 Å². The van der Waals surface area contributed by atoms with Gasteiger partial charge in [0, 0.05) is 29.7 Å². The second-order valence-corrected chi connectivity index (χ2v) is 5.21. The summed E-state index contributed by atoms with van der Waals surface area (Å²) in [5, 5.41) is 12.5. The number of aliphatic hydroxyl groups is 1. The fraction of sp³-hybridized carbons (Fsp3) is 0.600. The molecule has 0 aliphatic rings. The minimum absolute atomic E-state index is 0.0396. The van der Waals surface area contributed by atoms with Crippen molar-refractivity contribution < 1.29 is 19.3 Å². The molecule has 5 nitrogen and oxygen atoms in total. The van der Waals surface area contributed by atoms with Crippen molar-refractivity contribution in [2.24, 2.45) is 0 Å². The Hall–Kier alpha value is -1.01. The molecule has 0 radical (unpaired) electrons. The number of halogens is 1. The maximum atomic E-state index is 8.62. The Bertz CT molecular complexity index is 426. The molecule has 0 saturated heterocycles. The van der Waals surface area contributed by atoms with E-state index in [1.54, 1.807) is 13.2 Å². The van der Waals surface area contributed by atoms with Gasteiger partial charge in [0.1, 0.15) is 0 Å². The van der Waals surface area contributed by atoms with Crippen molar-refractivity contribution >= 4 is 11.6 Å². The van der Waals surface area contributed by atoms with Gasteiger partial charge in [0.2, 0.25) is 0 Å². The van der Waals surface area contributed by atoms with Gasteiger partial charge in [-0.3, -0.25) is 0 Å². The predicted octanol–water partition coefficient (Wildman–Crippen LogP) is 2.23. The summed E-state index contributed by atoms with van der Waals surface area (Å²) < 4.78 is 16.4. The van der Waals surface area contributed by atoms with Gasteiger partial charge in [-0.1, -0.05) is 11.6 Å². The van der Waals surface area contributed by atoms with Crippen molar-refractivity contribution in [3.63, 3.8) is 0 Å². The molecule has 0 bridgehead atoms. The average molecular weight is 318 g/mol. The first-order valence-corrected chi connectivity index (χ1v) is 7.38. The molecule has 0 spiro atoms. The Kier molecular flexibility index (Phi) is 8.45. The van der Waals surface area contributed by atoms with E-state index in [2.05, 4.69) is 5.32 Å². The van der Waals surface area contributed by atoms with Gasteiger partial charge in [0.05, 0.1) is 33.0 Å². The number of ether oxygens (including phenoxy) is 3. The lowest BCUT2D eigenvalue weighted by Gasteiger charge is -2.18. The zero-order valence-corrected chi connectivity index (χ0v) is 13.6. The molecule has 2 N–H and O–H groups in total. The summed E-state index contributed by atoms with van der Waals surface area (Å²) in [7, 11) is 1.60. The number of aliphatic hydroxyl groups excluding tert-OH is 1. The van der Waals surface area contributed by atoms with Gasteiger partial charge in [-0.15, -0.1) is 0 Å². The number of rotatable bonds is 10. The van der Waals surface area contributed by atoms with Crippen LogP contribution in [0.15, 0.2) is 12.1 Å². The van der Waals surface area contributed by atoms with Crippen LogP contribution >= 0.6 is 11.6 Å². The molecule has 1 aromatic rings. The van der Waals surface area contributed by atoms with Crippen LogP contribution in [0, 0.1) is 0 Å². The fourth-order valence-electron chi connectivity index (χ4n) is 1.81. The Morgan fingerprint density at radius 2 is 2.05 bits per heavy atom. The van der Waals surface area contributed by atoms with E-state index < -0.39 is 0 Å². The molecule has 0 unspecified atom stereocenters. The Morgan fingerprint density at radius 1 is 1.29 bits per heavy atom. The third-order valence-electron chi connectivity index (χ3n) is 2.64. The summed E-state index contributed by atoms with van der Waals surface area (Å²) >= 11 is 6.10. The van der Waals surface area contributed by atoms with Gasteiger partial charge in [0.15, 0.2) is 11.5 Å². The largest absolute Gasteiger partial charge is 0.493 e. The quantitative estimate of drug-likeness (QED) is 0.648. The molecular formula is C15H24ClNO4. The van der Waals surface area contributed by atoms with Crippen molar-refractivity contribution in [1.82, 2.24) is 5.32 Å². The second kappa shape index (κ2) is 9.84. The van der Waals surface area contributed by atoms with E-state index in [4.69, 9.17) is 30.9 Å². The Balaban J connectivity index is 2.67. The number of hydrogen-bond donors (Lipinski definition) is 2. The van der Waals surface area contributed by atoms with E-state index in [0.717, 1.165) is 5.56 Å². The molecule has 1 aromatic carbocycles. The van der Waals surface area contributed by atoms with Crippen LogP contribution in [0.4, 0.5) is 0 Å². The summed E-state index contributed by atoms with van der Waals surface area (Å²) in [5.41, 5.74) is 0.940. The lowest BCUT2D eigenvalue weighted by atomic mass is 10.1. The van der Waals surface area contributed by atoms with Gasteiger partial charge in [-0.2, -0.15) is 0 Å². The summed E-state index contributed by atoms with van der Waals surface area (Å²) in [6.45, 7) is 6.14. The predicted molar refractivity (Wildman–Crippen MR) is 83.4 cm³/mol. The smallest absolute Gasteiger partial charge is 0.166 e. The first-order chi connectivity index (χ1) is 10.1. The Morgan fingerprint density at radius 3 is 2.67 bits per heavy atom. The fourth-order valence-corrected chi connectivity index (χ4v) is 2.04. The van der Waals surface area contributed by atoms with E-state index >= 15 is 0 Å². The number of benzene rings is 1. The molecule has 120 valence electrons. The summed E-state index contributed by atoms with van der Waals surface area (Å²) in [4.78, 5) is 0. The van der Waals surface area contributed by atoms with Gasteiger partial charge in [-0.25, -0.2) is 0 Å². The minimum atomic E-state index is 0.0396. The van der Waals surface area contributed by atoms with E-state index in [9.17, 15) is 0 Å². The second-order valence-electron chi connectivity index (χ2n) is 4.78. The van der Waals surface area contributed by atoms with E-state index in [-0.39, 0.29) is 12.7 Å². The SMILES string of the molecule is COc1cc(Cl)cc(CNCCOCCO)c1OC(C)C. The standard InChI is InChI=1S/C15H24ClNO4/c1-11(2)21-15-12(8-13(16)9-14(15)19-3)10-17-4-6-20-7-5-18/h8-9,11,17-18H,4-7,10H2,1-3H3. The summed E-state index contributed by atoms with van der Waals surface area (Å²) in [6, 6.07) is 3.61. The Labute approximate surface area is 131 Å². The van der Waals surface area contributed by atoms with Crippen LogP contribution in [-0.4, -0.2) is 44.7 Å². The molecule has 0 aromatic heterocycles. The highest BCUT2D eigenvalue weighted by Gasteiger charge is 2.14. The van der Waals surface area contributed by atoms with Crippen LogP contribution in [-0.2, 0) is 11.3 Å². The third kappa shape index (κ3) is 6.52. The van der Waals surface area contributed by atoms with Crippen molar-refractivity contribution in [2.75, 3.05) is 33.5 Å².